The van der Waals surface area contributed by atoms with Crippen LogP contribution < -0.4 is 54.6 Å². The van der Waals surface area contributed by atoms with Crippen LogP contribution in [0, 0.1) is 0 Å². The predicted molar refractivity (Wildman–Crippen MR) is 351 cm³/mol. The van der Waals surface area contributed by atoms with Gasteiger partial charge in [-0.05, 0) is 105 Å². The fourth-order valence-electron chi connectivity index (χ4n) is 10.3. The van der Waals surface area contributed by atoms with Crippen molar-refractivity contribution in [3.8, 4) is 45.9 Å². The number of methoxy groups -OCH3 is 6. The number of nitrogens with one attached hydrogen (secondary N) is 2. The lowest BCUT2D eigenvalue weighted by Gasteiger charge is -2.25. The number of nitrogens with zero attached hydrogens (tertiary/aromatic N) is 15. The average Bonchev–Trinajstić information content (AvgIpc) is 1.89. The van der Waals surface area contributed by atoms with Crippen molar-refractivity contribution in [2.24, 2.45) is 0 Å². The molecule has 8 aromatic heterocycles. The molecule has 13 rings (SSSR count). The first-order valence-corrected chi connectivity index (χ1v) is 29.6. The van der Waals surface area contributed by atoms with Crippen molar-refractivity contribution >= 4 is 97.1 Å². The molecule has 0 aliphatic carbocycles. The van der Waals surface area contributed by atoms with E-state index >= 15 is 0 Å². The minimum Gasteiger partial charge on any atom is -0.493 e. The van der Waals surface area contributed by atoms with Gasteiger partial charge in [0.2, 0.25) is 28.0 Å². The quantitative estimate of drug-likeness (QED) is 0.0412. The third-order valence-corrected chi connectivity index (χ3v) is 15.3. The largest absolute Gasteiger partial charge is 0.493 e. The van der Waals surface area contributed by atoms with E-state index in [0.29, 0.717) is 92.6 Å². The van der Waals surface area contributed by atoms with E-state index in [1.807, 2.05) is 59.3 Å². The van der Waals surface area contributed by atoms with Crippen LogP contribution in [-0.2, 0) is 0 Å². The van der Waals surface area contributed by atoms with Crippen molar-refractivity contribution in [2.45, 2.75) is 64.1 Å². The molecule has 3 aliphatic rings. The fraction of sp³-hybridized carbons (Fsp3) is 0.361. The van der Waals surface area contributed by atoms with Crippen molar-refractivity contribution in [3.63, 3.8) is 0 Å². The van der Waals surface area contributed by atoms with Crippen LogP contribution >= 0.6 is 34.8 Å². The van der Waals surface area contributed by atoms with Gasteiger partial charge < -0.3 is 79.0 Å². The molecule has 0 amide bonds. The zero-order valence-electron chi connectivity index (χ0n) is 50.2. The predicted octanol–water partition coefficient (Wildman–Crippen LogP) is 8.76. The van der Waals surface area contributed by atoms with E-state index in [4.69, 9.17) is 79.0 Å². The van der Waals surface area contributed by atoms with Crippen LogP contribution in [0.5, 0.6) is 34.5 Å². The standard InChI is InChI=1S/C24H27N7O4.C12H13ClN4O.C12H15N3O3.C7H3Cl2N3.C5H11NO.CH4/c1-33-18-10-16(11-19(34-2)22(18)35-3)30-12-20(26-14-30)28-24-27-17-7-4-8-25-21(17)23(29-24)31-9-5-6-15(31)13-32;13-12-15-9-4-1-5-14-10(9)11(16-12)17-6-2-3-8(17)7-18;1-16-9-4-8(15-6-11(13)14-7-15)5-10(17-2)12(9)18-3;8-6-5-4(2-1-3-10-5)11-7(9)12-6;7-4-5-2-1-3-6-5;/h4,7-8,10-12,14-15,32H,5-6,9,13H2,1-3H3,(H,27,28,29);1,4-5,8,18H,2-3,6-7H2;4-7H,13H2,1-3H3;1-3H;5-7H,1-4H2;1H4/t15-;8-;;;5-;/m00..0./s1. The molecular formula is C61H73Cl3N18O9. The van der Waals surface area contributed by atoms with Crippen LogP contribution in [0.2, 0.25) is 15.7 Å². The maximum absolute atomic E-state index is 9.83. The second kappa shape index (κ2) is 32.7. The molecule has 0 bridgehead atoms. The Hall–Kier alpha value is -8.96. The summed E-state index contributed by atoms with van der Waals surface area (Å²) in [5.41, 5.74) is 11.3. The molecule has 10 aromatic rings. The van der Waals surface area contributed by atoms with Crippen LogP contribution in [0.3, 0.4) is 0 Å². The van der Waals surface area contributed by atoms with Crippen molar-refractivity contribution in [3.05, 3.63) is 120 Å². The summed E-state index contributed by atoms with van der Waals surface area (Å²) in [5, 5.41) is 34.7. The number of aliphatic hydroxyl groups excluding tert-OH is 3. The minimum atomic E-state index is 0. The lowest BCUT2D eigenvalue weighted by Crippen LogP contribution is -2.33. The van der Waals surface area contributed by atoms with Gasteiger partial charge >= 0.3 is 0 Å². The second-order valence-corrected chi connectivity index (χ2v) is 21.2. The minimum absolute atomic E-state index is 0. The van der Waals surface area contributed by atoms with Crippen molar-refractivity contribution in [1.82, 2.24) is 69.3 Å². The molecule has 0 spiro atoms. The summed E-state index contributed by atoms with van der Waals surface area (Å²) in [6.45, 7) is 3.26. The number of aliphatic hydroxyl groups is 3. The highest BCUT2D eigenvalue weighted by molar-refractivity contribution is 6.35. The molecule has 27 nitrogen and oxygen atoms in total. The van der Waals surface area contributed by atoms with Gasteiger partial charge in [0.1, 0.15) is 35.0 Å². The van der Waals surface area contributed by atoms with E-state index in [1.165, 1.54) is 6.42 Å². The Bertz CT molecular complexity index is 3950. The van der Waals surface area contributed by atoms with Gasteiger partial charge in [-0.3, -0.25) is 15.0 Å². The average molecular weight is 1310 g/mol. The monoisotopic (exact) mass is 1310 g/mol. The third-order valence-electron chi connectivity index (χ3n) is 14.7. The number of imidazole rings is 2. The van der Waals surface area contributed by atoms with Gasteiger partial charge in [0, 0.05) is 62.0 Å². The van der Waals surface area contributed by atoms with E-state index in [2.05, 4.69) is 70.3 Å². The number of benzene rings is 2. The maximum Gasteiger partial charge on any atom is 0.231 e. The van der Waals surface area contributed by atoms with Crippen LogP contribution in [0.15, 0.2) is 104 Å². The highest BCUT2D eigenvalue weighted by atomic mass is 35.5. The summed E-state index contributed by atoms with van der Waals surface area (Å²) < 4.78 is 35.8. The number of aromatic nitrogens is 13. The summed E-state index contributed by atoms with van der Waals surface area (Å²) in [5.74, 6) is 6.17. The molecular weight excluding hydrogens is 1240 g/mol. The molecule has 0 saturated carbocycles. The third kappa shape index (κ3) is 16.5. The molecule has 7 N–H and O–H groups in total. The summed E-state index contributed by atoms with van der Waals surface area (Å²) >= 11 is 17.3. The molecule has 11 heterocycles. The van der Waals surface area contributed by atoms with Crippen LogP contribution in [0.25, 0.3) is 44.5 Å². The van der Waals surface area contributed by atoms with Crippen LogP contribution in [-0.4, -0.2) is 180 Å². The molecule has 91 heavy (non-hydrogen) atoms. The number of hydrogen-bond donors (Lipinski definition) is 6. The van der Waals surface area contributed by atoms with E-state index in [0.717, 1.165) is 80.0 Å². The number of anilines is 5. The summed E-state index contributed by atoms with van der Waals surface area (Å²) in [6.07, 6.45) is 18.2. The van der Waals surface area contributed by atoms with Crippen molar-refractivity contribution < 1.29 is 43.7 Å². The highest BCUT2D eigenvalue weighted by Crippen LogP contribution is 2.41. The topological polar surface area (TPSA) is 324 Å². The number of rotatable bonds is 15. The molecule has 3 fully saturated rings. The molecule has 0 radical (unpaired) electrons. The Morgan fingerprint density at radius 3 is 1.47 bits per heavy atom. The normalized spacial score (nSPS) is 15.6. The molecule has 3 atom stereocenters. The van der Waals surface area contributed by atoms with Gasteiger partial charge in [0.15, 0.2) is 45.6 Å². The van der Waals surface area contributed by atoms with Gasteiger partial charge in [0.05, 0.1) is 115 Å². The molecule has 30 heteroatoms. The van der Waals surface area contributed by atoms with E-state index < -0.39 is 0 Å². The number of halogens is 3. The van der Waals surface area contributed by atoms with Gasteiger partial charge in [0.25, 0.3) is 0 Å². The smallest absolute Gasteiger partial charge is 0.231 e. The number of hydrogen-bond acceptors (Lipinski definition) is 25. The summed E-state index contributed by atoms with van der Waals surface area (Å²) in [7, 11) is 9.43. The Labute approximate surface area is 540 Å². The van der Waals surface area contributed by atoms with Crippen molar-refractivity contribution in [1.29, 1.82) is 0 Å². The summed E-state index contributed by atoms with van der Waals surface area (Å²) in [6, 6.07) is 18.8. The SMILES string of the molecule is C.COc1cc(-n2cnc(N)c2)cc(OC)c1OC.COc1cc(-n2cnc(Nc3nc(N4CCC[C@H]4CO)c4ncccc4n3)c2)cc(OC)c1OC.Clc1nc(Cl)c2ncccc2n1.OC[C@@H]1CCCN1.OC[C@@H]1CCCN1c1nc(Cl)nc2cccnc12. The zero-order valence-corrected chi connectivity index (χ0v) is 52.5. The number of fused-ring (bicyclic) bond motifs is 3. The van der Waals surface area contributed by atoms with E-state index in [9.17, 15) is 10.2 Å². The number of nitrogens with two attached hydrogens (primary N) is 1. The fourth-order valence-corrected chi connectivity index (χ4v) is 10.9. The second-order valence-electron chi connectivity index (χ2n) is 20.2. The van der Waals surface area contributed by atoms with Crippen LogP contribution in [0.1, 0.15) is 46.0 Å². The lowest BCUT2D eigenvalue weighted by atomic mass is 10.2. The van der Waals surface area contributed by atoms with E-state index in [-0.39, 0.29) is 48.4 Å². The first-order valence-electron chi connectivity index (χ1n) is 28.5. The Morgan fingerprint density at radius 1 is 0.549 bits per heavy atom. The first-order chi connectivity index (χ1) is 43.8. The molecule has 0 unspecified atom stereocenters. The Balaban J connectivity index is 0.000000161. The lowest BCUT2D eigenvalue weighted by molar-refractivity contribution is 0.255. The van der Waals surface area contributed by atoms with Gasteiger partial charge in [-0.25, -0.2) is 29.9 Å². The Kier molecular flexibility index (Phi) is 24.4. The van der Waals surface area contributed by atoms with Gasteiger partial charge in [-0.2, -0.15) is 9.97 Å². The molecule has 3 aliphatic heterocycles. The molecule has 482 valence electrons. The maximum atomic E-state index is 9.83. The Morgan fingerprint density at radius 2 is 1.02 bits per heavy atom. The van der Waals surface area contributed by atoms with Gasteiger partial charge in [-0.15, -0.1) is 0 Å². The first kappa shape index (κ1) is 68.0. The van der Waals surface area contributed by atoms with Crippen LogP contribution in [0.4, 0.5) is 29.2 Å². The number of ether oxygens (including phenoxy) is 6. The molecule has 2 aromatic carbocycles. The number of nitrogen functional groups attached to an aromatic ring is 1. The summed E-state index contributed by atoms with van der Waals surface area (Å²) in [4.78, 5) is 51.0. The number of pyridine rings is 3. The van der Waals surface area contributed by atoms with Gasteiger partial charge in [-0.1, -0.05) is 19.0 Å². The van der Waals surface area contributed by atoms with Crippen molar-refractivity contribution in [2.75, 3.05) is 103 Å². The zero-order chi connectivity index (χ0) is 63.7. The van der Waals surface area contributed by atoms with E-state index in [1.54, 1.807) is 96.8 Å². The highest BCUT2D eigenvalue weighted by Gasteiger charge is 2.29. The molecule has 3 saturated heterocycles.